The molecule has 0 radical (unpaired) electrons. The number of nitrogens with two attached hydrogens (primary N) is 1. The average Bonchev–Trinajstić information content (AvgIpc) is 3.01. The molecule has 0 aromatic carbocycles. The molecule has 0 amide bonds. The Morgan fingerprint density at radius 2 is 2.00 bits per heavy atom. The number of carbonyl (C=O) groups is 1. The zero-order valence-corrected chi connectivity index (χ0v) is 18.4. The number of carbonyl (C=O) groups excluding carboxylic acids is 1. The summed E-state index contributed by atoms with van der Waals surface area (Å²) in [6.07, 6.45) is 12.3. The van der Waals surface area contributed by atoms with Crippen molar-refractivity contribution in [1.29, 1.82) is 0 Å². The third-order valence-corrected chi connectivity index (χ3v) is 8.80. The van der Waals surface area contributed by atoms with Crippen LogP contribution in [0.1, 0.15) is 58.8 Å². The molecule has 162 valence electrons. The van der Waals surface area contributed by atoms with Crippen LogP contribution in [-0.2, 0) is 9.53 Å². The maximum atomic E-state index is 12.8. The third kappa shape index (κ3) is 3.79. The molecular weight excluding hydrogens is 362 g/mol. The standard InChI is InChI=1S/C24H39N3O2/c1-17-6-5-8-24(2)15-21-18(14-20(17)24)19(23(28)29-21)16-26-10-12-27(13-11-26)22-7-3-4-9-25-22/h14,17-19,21-22,25H,3-13,15-16H2,1-2H3/p+1/t17-,18+,19-,21-,22?,24+/m1/s1. The topological polar surface area (TPSA) is 49.4 Å². The summed E-state index contributed by atoms with van der Waals surface area (Å²) < 4.78 is 5.96. The number of fused-ring (bicyclic) bond motifs is 2. The first-order valence-electron chi connectivity index (χ1n) is 12.3. The lowest BCUT2D eigenvalue weighted by molar-refractivity contribution is -0.717. The minimum absolute atomic E-state index is 0.0407. The molecule has 29 heavy (non-hydrogen) atoms. The summed E-state index contributed by atoms with van der Waals surface area (Å²) in [5.41, 5.74) is 1.89. The van der Waals surface area contributed by atoms with Crippen LogP contribution in [0, 0.1) is 23.2 Å². The zero-order valence-electron chi connectivity index (χ0n) is 18.4. The van der Waals surface area contributed by atoms with Gasteiger partial charge in [0.1, 0.15) is 12.3 Å². The molecule has 5 rings (SSSR count). The van der Waals surface area contributed by atoms with Crippen LogP contribution in [0.5, 0.6) is 0 Å². The van der Waals surface area contributed by atoms with E-state index < -0.39 is 0 Å². The van der Waals surface area contributed by atoms with Gasteiger partial charge in [0.25, 0.3) is 0 Å². The Morgan fingerprint density at radius 1 is 1.17 bits per heavy atom. The quantitative estimate of drug-likeness (QED) is 0.579. The Hall–Kier alpha value is -0.910. The molecule has 3 saturated heterocycles. The van der Waals surface area contributed by atoms with E-state index in [-0.39, 0.29) is 23.4 Å². The molecule has 1 unspecified atom stereocenters. The van der Waals surface area contributed by atoms with Crippen LogP contribution in [-0.4, -0.2) is 67.3 Å². The van der Waals surface area contributed by atoms with Gasteiger partial charge in [-0.3, -0.25) is 14.6 Å². The van der Waals surface area contributed by atoms with Crippen LogP contribution in [0.2, 0.25) is 0 Å². The molecule has 2 N–H and O–H groups in total. The normalized spacial score (nSPS) is 44.0. The van der Waals surface area contributed by atoms with Gasteiger partial charge in [-0.05, 0) is 43.4 Å². The van der Waals surface area contributed by atoms with Gasteiger partial charge in [-0.1, -0.05) is 31.9 Å². The van der Waals surface area contributed by atoms with Gasteiger partial charge in [-0.2, -0.15) is 0 Å². The van der Waals surface area contributed by atoms with E-state index in [0.29, 0.717) is 18.0 Å². The Kier molecular flexibility index (Phi) is 5.50. The molecule has 5 aliphatic rings. The highest BCUT2D eigenvalue weighted by Gasteiger charge is 2.52. The molecule has 0 aromatic rings. The minimum Gasteiger partial charge on any atom is -0.461 e. The smallest absolute Gasteiger partial charge is 0.311 e. The summed E-state index contributed by atoms with van der Waals surface area (Å²) in [6.45, 7) is 11.4. The first-order chi connectivity index (χ1) is 14.0. The van der Waals surface area contributed by atoms with Crippen molar-refractivity contribution in [2.45, 2.75) is 71.1 Å². The van der Waals surface area contributed by atoms with Gasteiger partial charge < -0.3 is 10.1 Å². The van der Waals surface area contributed by atoms with Gasteiger partial charge >= 0.3 is 5.97 Å². The van der Waals surface area contributed by atoms with Crippen molar-refractivity contribution >= 4 is 5.97 Å². The molecular formula is C24H40N3O2+. The minimum atomic E-state index is 0.0407. The molecule has 5 nitrogen and oxygen atoms in total. The summed E-state index contributed by atoms with van der Waals surface area (Å²) in [6, 6.07) is 0. The Labute approximate surface area is 176 Å². The van der Waals surface area contributed by atoms with Gasteiger partial charge in [0.2, 0.25) is 0 Å². The van der Waals surface area contributed by atoms with Crippen LogP contribution < -0.4 is 5.32 Å². The Balaban J connectivity index is 1.23. The molecule has 2 aliphatic carbocycles. The highest BCUT2D eigenvalue weighted by atomic mass is 16.6. The van der Waals surface area contributed by atoms with Crippen LogP contribution in [0.4, 0.5) is 0 Å². The number of allylic oxidation sites excluding steroid dienone is 1. The molecule has 0 bridgehead atoms. The lowest BCUT2D eigenvalue weighted by Crippen LogP contribution is -2.95. The summed E-state index contributed by atoms with van der Waals surface area (Å²) in [5.74, 6) is 1.07. The van der Waals surface area contributed by atoms with Gasteiger partial charge in [0.15, 0.2) is 0 Å². The Morgan fingerprint density at radius 3 is 2.76 bits per heavy atom. The van der Waals surface area contributed by atoms with Crippen LogP contribution in [0.15, 0.2) is 11.6 Å². The molecule has 3 heterocycles. The molecule has 1 saturated carbocycles. The van der Waals surface area contributed by atoms with Gasteiger partial charge in [-0.25, -0.2) is 0 Å². The predicted octanol–water partition coefficient (Wildman–Crippen LogP) is 1.99. The summed E-state index contributed by atoms with van der Waals surface area (Å²) >= 11 is 0. The van der Waals surface area contributed by atoms with E-state index in [1.807, 2.05) is 0 Å². The zero-order chi connectivity index (χ0) is 20.0. The lowest BCUT2D eigenvalue weighted by atomic mass is 9.59. The second kappa shape index (κ2) is 7.97. The van der Waals surface area contributed by atoms with Crippen molar-refractivity contribution in [2.24, 2.45) is 23.2 Å². The first-order valence-corrected chi connectivity index (χ1v) is 12.3. The number of rotatable bonds is 3. The number of piperidine rings is 1. The number of nitrogens with zero attached hydrogens (tertiary/aromatic N) is 2. The van der Waals surface area contributed by atoms with Crippen molar-refractivity contribution in [1.82, 2.24) is 9.80 Å². The van der Waals surface area contributed by atoms with E-state index in [9.17, 15) is 4.79 Å². The number of piperazine rings is 1. The number of ether oxygens (including phenoxy) is 1. The van der Waals surface area contributed by atoms with E-state index in [2.05, 4.69) is 35.0 Å². The van der Waals surface area contributed by atoms with E-state index in [0.717, 1.165) is 39.1 Å². The van der Waals surface area contributed by atoms with Crippen molar-refractivity contribution < 1.29 is 14.8 Å². The van der Waals surface area contributed by atoms with E-state index in [4.69, 9.17) is 4.74 Å². The second-order valence-corrected chi connectivity index (χ2v) is 10.8. The fourth-order valence-corrected chi connectivity index (χ4v) is 7.07. The van der Waals surface area contributed by atoms with E-state index in [1.165, 1.54) is 45.1 Å². The SMILES string of the molecule is C[C@@H]1CCC[C@@]2(C)C[C@H]3OC(=O)[C@H](CN4CCN(C5CCCC[NH2+]5)CC4)[C@@H]3C=C12. The maximum absolute atomic E-state index is 12.8. The molecule has 0 aromatic heterocycles. The lowest BCUT2D eigenvalue weighted by Gasteiger charge is -2.46. The molecule has 6 atom stereocenters. The largest absolute Gasteiger partial charge is 0.461 e. The van der Waals surface area contributed by atoms with Crippen molar-refractivity contribution in [3.8, 4) is 0 Å². The molecule has 3 aliphatic heterocycles. The number of esters is 1. The van der Waals surface area contributed by atoms with Crippen molar-refractivity contribution in [2.75, 3.05) is 39.3 Å². The monoisotopic (exact) mass is 402 g/mol. The van der Waals surface area contributed by atoms with Gasteiger partial charge in [-0.15, -0.1) is 0 Å². The van der Waals surface area contributed by atoms with E-state index in [1.54, 1.807) is 5.57 Å². The average molecular weight is 403 g/mol. The summed E-state index contributed by atoms with van der Waals surface area (Å²) in [5, 5.41) is 2.54. The van der Waals surface area contributed by atoms with Gasteiger partial charge in [0.05, 0.1) is 12.5 Å². The van der Waals surface area contributed by atoms with Crippen LogP contribution >= 0.6 is 0 Å². The summed E-state index contributed by atoms with van der Waals surface area (Å²) in [7, 11) is 0. The van der Waals surface area contributed by atoms with Crippen molar-refractivity contribution in [3.63, 3.8) is 0 Å². The first kappa shape index (κ1) is 20.0. The molecule has 5 heteroatoms. The predicted molar refractivity (Wildman–Crippen MR) is 113 cm³/mol. The highest BCUT2D eigenvalue weighted by Crippen LogP contribution is 2.54. The fourth-order valence-electron chi connectivity index (χ4n) is 7.07. The number of hydrogen-bond donors (Lipinski definition) is 1. The maximum Gasteiger partial charge on any atom is 0.311 e. The molecule has 0 spiro atoms. The highest BCUT2D eigenvalue weighted by molar-refractivity contribution is 5.76. The van der Waals surface area contributed by atoms with Gasteiger partial charge in [0, 0.05) is 45.1 Å². The fraction of sp³-hybridized carbons (Fsp3) is 0.875. The summed E-state index contributed by atoms with van der Waals surface area (Å²) in [4.78, 5) is 18.0. The molecule has 4 fully saturated rings. The van der Waals surface area contributed by atoms with Crippen molar-refractivity contribution in [3.05, 3.63) is 11.6 Å². The van der Waals surface area contributed by atoms with Crippen LogP contribution in [0.25, 0.3) is 0 Å². The Bertz CT molecular complexity index is 651. The second-order valence-electron chi connectivity index (χ2n) is 10.8. The number of quaternary nitrogens is 1. The van der Waals surface area contributed by atoms with E-state index >= 15 is 0 Å². The third-order valence-electron chi connectivity index (χ3n) is 8.80. The van der Waals surface area contributed by atoms with Crippen LogP contribution in [0.3, 0.4) is 0 Å². The number of hydrogen-bond acceptors (Lipinski definition) is 4.